The van der Waals surface area contributed by atoms with Crippen LogP contribution in [0.25, 0.3) is 0 Å². The van der Waals surface area contributed by atoms with Crippen molar-refractivity contribution < 1.29 is 14.3 Å². The number of carbonyl (C=O) groups is 2. The van der Waals surface area contributed by atoms with Crippen LogP contribution in [0.4, 0.5) is 4.79 Å². The quantitative estimate of drug-likeness (QED) is 0.692. The normalized spacial score (nSPS) is 15.9. The van der Waals surface area contributed by atoms with Crippen LogP contribution in [0.15, 0.2) is 54.6 Å². The van der Waals surface area contributed by atoms with E-state index in [9.17, 15) is 9.59 Å². The smallest absolute Gasteiger partial charge is 0.410 e. The highest BCUT2D eigenvalue weighted by Gasteiger charge is 2.29. The lowest BCUT2D eigenvalue weighted by molar-refractivity contribution is 0.0178. The van der Waals surface area contributed by atoms with Crippen LogP contribution in [0, 0.1) is 12.8 Å². The Morgan fingerprint density at radius 1 is 1.03 bits per heavy atom. The first-order chi connectivity index (χ1) is 14.7. The molecule has 0 saturated carbocycles. The number of amides is 2. The molecule has 1 aliphatic heterocycles. The van der Waals surface area contributed by atoms with E-state index in [-0.39, 0.29) is 18.0 Å². The van der Waals surface area contributed by atoms with Gasteiger partial charge >= 0.3 is 6.09 Å². The number of aryl methyl sites for hydroxylation is 1. The zero-order chi connectivity index (χ0) is 22.4. The standard InChI is InChI=1S/C26H34N2O3/c1-19-10-12-22(13-11-19)24(29)27-23(21-8-6-5-7-9-21)18-20-14-16-28(17-15-20)25(30)31-26(2,3)4/h5-13,20,23H,14-18H2,1-4H3,(H,27,29). The molecule has 1 fully saturated rings. The van der Waals surface area contributed by atoms with Gasteiger partial charge in [-0.2, -0.15) is 0 Å². The van der Waals surface area contributed by atoms with Crippen LogP contribution in [-0.4, -0.2) is 35.6 Å². The molecule has 2 aromatic carbocycles. The summed E-state index contributed by atoms with van der Waals surface area (Å²) in [4.78, 5) is 27.0. The molecule has 2 amide bonds. The van der Waals surface area contributed by atoms with Crippen LogP contribution >= 0.6 is 0 Å². The lowest BCUT2D eigenvalue weighted by Gasteiger charge is -2.35. The predicted octanol–water partition coefficient (Wildman–Crippen LogP) is 5.50. The molecule has 1 unspecified atom stereocenters. The summed E-state index contributed by atoms with van der Waals surface area (Å²) in [5.41, 5.74) is 2.43. The average molecular weight is 423 g/mol. The van der Waals surface area contributed by atoms with Gasteiger partial charge in [0.05, 0.1) is 6.04 Å². The molecule has 1 aliphatic rings. The van der Waals surface area contributed by atoms with Gasteiger partial charge in [0, 0.05) is 18.7 Å². The summed E-state index contributed by atoms with van der Waals surface area (Å²) in [5, 5.41) is 3.24. The highest BCUT2D eigenvalue weighted by Crippen LogP contribution is 2.29. The third kappa shape index (κ3) is 6.84. The van der Waals surface area contributed by atoms with E-state index in [2.05, 4.69) is 17.4 Å². The fourth-order valence-corrected chi connectivity index (χ4v) is 3.92. The second kappa shape index (κ2) is 9.99. The number of piperidine rings is 1. The van der Waals surface area contributed by atoms with Crippen molar-refractivity contribution >= 4 is 12.0 Å². The summed E-state index contributed by atoms with van der Waals surface area (Å²) < 4.78 is 5.50. The van der Waals surface area contributed by atoms with Crippen LogP contribution in [0.1, 0.15) is 67.6 Å². The van der Waals surface area contributed by atoms with Crippen molar-refractivity contribution in [3.63, 3.8) is 0 Å². The minimum absolute atomic E-state index is 0.0555. The molecule has 31 heavy (non-hydrogen) atoms. The molecule has 0 aromatic heterocycles. The topological polar surface area (TPSA) is 58.6 Å². The Bertz CT molecular complexity index is 864. The Kier molecular flexibility index (Phi) is 7.37. The van der Waals surface area contributed by atoms with Crippen LogP contribution < -0.4 is 5.32 Å². The fourth-order valence-electron chi connectivity index (χ4n) is 3.92. The zero-order valence-corrected chi connectivity index (χ0v) is 19.1. The number of ether oxygens (including phenoxy) is 1. The maximum absolute atomic E-state index is 12.9. The van der Waals surface area contributed by atoms with Crippen LogP contribution in [-0.2, 0) is 4.74 Å². The van der Waals surface area contributed by atoms with Gasteiger partial charge in [-0.3, -0.25) is 4.79 Å². The molecule has 1 N–H and O–H groups in total. The Morgan fingerprint density at radius 2 is 1.65 bits per heavy atom. The number of hydrogen-bond donors (Lipinski definition) is 1. The van der Waals surface area contributed by atoms with Crippen molar-refractivity contribution in [2.75, 3.05) is 13.1 Å². The number of likely N-dealkylation sites (tertiary alicyclic amines) is 1. The van der Waals surface area contributed by atoms with E-state index < -0.39 is 5.60 Å². The number of nitrogens with zero attached hydrogens (tertiary/aromatic N) is 1. The number of nitrogens with one attached hydrogen (secondary N) is 1. The Balaban J connectivity index is 1.63. The van der Waals surface area contributed by atoms with Crippen molar-refractivity contribution in [2.24, 2.45) is 5.92 Å². The Labute approximate surface area is 185 Å². The van der Waals surface area contributed by atoms with Gasteiger partial charge in [0.25, 0.3) is 5.91 Å². The minimum atomic E-state index is -0.480. The Morgan fingerprint density at radius 3 is 2.23 bits per heavy atom. The van der Waals surface area contributed by atoms with E-state index in [0.717, 1.165) is 30.4 Å². The second-order valence-electron chi connectivity index (χ2n) is 9.45. The third-order valence-electron chi connectivity index (χ3n) is 5.66. The summed E-state index contributed by atoms with van der Waals surface area (Å²) in [6, 6.07) is 17.7. The first-order valence-electron chi connectivity index (χ1n) is 11.1. The largest absolute Gasteiger partial charge is 0.444 e. The highest BCUT2D eigenvalue weighted by atomic mass is 16.6. The second-order valence-corrected chi connectivity index (χ2v) is 9.45. The number of hydrogen-bond acceptors (Lipinski definition) is 3. The van der Waals surface area contributed by atoms with Crippen molar-refractivity contribution in [1.29, 1.82) is 0 Å². The molecule has 0 radical (unpaired) electrons. The fraction of sp³-hybridized carbons (Fsp3) is 0.462. The van der Waals surface area contributed by atoms with Crippen LogP contribution in [0.2, 0.25) is 0 Å². The molecule has 0 spiro atoms. The molecule has 1 atom stereocenters. The molecule has 5 heteroatoms. The zero-order valence-electron chi connectivity index (χ0n) is 19.1. The molecule has 0 bridgehead atoms. The van der Waals surface area contributed by atoms with E-state index in [4.69, 9.17) is 4.74 Å². The van der Waals surface area contributed by atoms with Crippen molar-refractivity contribution in [3.8, 4) is 0 Å². The SMILES string of the molecule is Cc1ccc(C(=O)NC(CC2CCN(C(=O)OC(C)(C)C)CC2)c2ccccc2)cc1. The summed E-state index contributed by atoms with van der Waals surface area (Å²) in [6.45, 7) is 9.05. The van der Waals surface area contributed by atoms with Gasteiger partial charge < -0.3 is 15.0 Å². The average Bonchev–Trinajstić information content (AvgIpc) is 2.73. The van der Waals surface area contributed by atoms with Gasteiger partial charge in [0.2, 0.25) is 0 Å². The molecule has 3 rings (SSSR count). The third-order valence-corrected chi connectivity index (χ3v) is 5.66. The van der Waals surface area contributed by atoms with Gasteiger partial charge in [-0.25, -0.2) is 4.79 Å². The molecule has 1 heterocycles. The maximum Gasteiger partial charge on any atom is 0.410 e. The summed E-state index contributed by atoms with van der Waals surface area (Å²) in [5.74, 6) is 0.377. The predicted molar refractivity (Wildman–Crippen MR) is 123 cm³/mol. The Hall–Kier alpha value is -2.82. The molecule has 1 saturated heterocycles. The van der Waals surface area contributed by atoms with Crippen molar-refractivity contribution in [1.82, 2.24) is 10.2 Å². The highest BCUT2D eigenvalue weighted by molar-refractivity contribution is 5.94. The van der Waals surface area contributed by atoms with Gasteiger partial charge in [-0.05, 0) is 70.6 Å². The lowest BCUT2D eigenvalue weighted by Crippen LogP contribution is -2.42. The monoisotopic (exact) mass is 422 g/mol. The van der Waals surface area contributed by atoms with E-state index >= 15 is 0 Å². The molecule has 0 aliphatic carbocycles. The van der Waals surface area contributed by atoms with E-state index in [1.54, 1.807) is 4.90 Å². The summed E-state index contributed by atoms with van der Waals surface area (Å²) >= 11 is 0. The first kappa shape index (κ1) is 22.9. The number of benzene rings is 2. The van der Waals surface area contributed by atoms with E-state index in [0.29, 0.717) is 24.6 Å². The lowest BCUT2D eigenvalue weighted by atomic mass is 9.87. The van der Waals surface area contributed by atoms with Crippen molar-refractivity contribution in [2.45, 2.75) is 58.6 Å². The van der Waals surface area contributed by atoms with Gasteiger partial charge in [-0.15, -0.1) is 0 Å². The van der Waals surface area contributed by atoms with Gasteiger partial charge in [-0.1, -0.05) is 48.0 Å². The maximum atomic E-state index is 12.9. The molecular formula is C26H34N2O3. The van der Waals surface area contributed by atoms with E-state index in [1.165, 1.54) is 0 Å². The molecular weight excluding hydrogens is 388 g/mol. The minimum Gasteiger partial charge on any atom is -0.444 e. The van der Waals surface area contributed by atoms with Crippen LogP contribution in [0.5, 0.6) is 0 Å². The van der Waals surface area contributed by atoms with Crippen molar-refractivity contribution in [3.05, 3.63) is 71.3 Å². The molecule has 2 aromatic rings. The van der Waals surface area contributed by atoms with Gasteiger partial charge in [0.15, 0.2) is 0 Å². The molecule has 5 nitrogen and oxygen atoms in total. The van der Waals surface area contributed by atoms with Crippen LogP contribution in [0.3, 0.4) is 0 Å². The van der Waals surface area contributed by atoms with Gasteiger partial charge in [0.1, 0.15) is 5.60 Å². The summed E-state index contributed by atoms with van der Waals surface area (Å²) in [7, 11) is 0. The number of carbonyl (C=O) groups excluding carboxylic acids is 2. The molecule has 166 valence electrons. The first-order valence-corrected chi connectivity index (χ1v) is 11.1. The number of rotatable bonds is 5. The summed E-state index contributed by atoms with van der Waals surface area (Å²) in [6.07, 6.45) is 2.42. The van der Waals surface area contributed by atoms with E-state index in [1.807, 2.05) is 70.2 Å².